The number of fused-ring (bicyclic) bond motifs is 7. The molecule has 0 aliphatic heterocycles. The maximum Gasteiger partial charge on any atom is 0.0595 e. The quantitative estimate of drug-likeness (QED) is 0.465. The molecule has 0 saturated heterocycles. The van der Waals surface area contributed by atoms with E-state index < -0.39 is 0 Å². The van der Waals surface area contributed by atoms with Gasteiger partial charge in [-0.15, -0.1) is 0 Å². The number of hydrogen-bond acceptors (Lipinski definition) is 2. The van der Waals surface area contributed by atoms with Gasteiger partial charge in [0.05, 0.1) is 12.2 Å². The molecule has 2 N–H and O–H groups in total. The van der Waals surface area contributed by atoms with Crippen molar-refractivity contribution in [3.8, 4) is 0 Å². The fraction of sp³-hybridized carbons (Fsp3) is 0.867. The Balaban J connectivity index is 1.62. The molecule has 0 aromatic heterocycles. The van der Waals surface area contributed by atoms with Crippen LogP contribution in [-0.4, -0.2) is 22.4 Å². The molecule has 3 fully saturated rings. The van der Waals surface area contributed by atoms with Gasteiger partial charge in [-0.3, -0.25) is 0 Å². The molecule has 5 rings (SSSR count). The molecule has 0 amide bonds. The lowest BCUT2D eigenvalue weighted by Gasteiger charge is -2.72. The van der Waals surface area contributed by atoms with E-state index in [0.717, 1.165) is 19.3 Å². The monoisotopic (exact) mass is 440 g/mol. The van der Waals surface area contributed by atoms with Crippen molar-refractivity contribution >= 4 is 0 Å². The molecule has 0 heterocycles. The fourth-order valence-corrected chi connectivity index (χ4v) is 10.9. The van der Waals surface area contributed by atoms with Gasteiger partial charge in [-0.2, -0.15) is 0 Å². The molecule has 2 nitrogen and oxygen atoms in total. The summed E-state index contributed by atoms with van der Waals surface area (Å²) < 4.78 is 0. The third kappa shape index (κ3) is 2.55. The Bertz CT molecular complexity index is 866. The molecule has 0 spiro atoms. The first-order chi connectivity index (χ1) is 14.7. The lowest BCUT2D eigenvalue weighted by atomic mass is 9.32. The van der Waals surface area contributed by atoms with Crippen LogP contribution in [0.1, 0.15) is 100 Å². The van der Waals surface area contributed by atoms with Crippen LogP contribution in [0.25, 0.3) is 0 Å². The SMILES string of the molecule is CC(C)C1=C2C=C[C@]3(C)[C@@H](CC[C@@H]4[C@]5(C)CC[C@H](O)C(C)(C)[C@@H]5[C@@H](O)C[C@]43C)[C@@]2(C)CC1. The summed E-state index contributed by atoms with van der Waals surface area (Å²) in [5, 5.41) is 22.6. The van der Waals surface area contributed by atoms with Crippen molar-refractivity contribution in [2.75, 3.05) is 0 Å². The zero-order chi connectivity index (χ0) is 23.5. The van der Waals surface area contributed by atoms with Crippen molar-refractivity contribution in [2.45, 2.75) is 113 Å². The predicted octanol–water partition coefficient (Wildman–Crippen LogP) is 6.92. The predicted molar refractivity (Wildman–Crippen MR) is 132 cm³/mol. The van der Waals surface area contributed by atoms with Gasteiger partial charge in [0, 0.05) is 0 Å². The Morgan fingerprint density at radius 3 is 2.22 bits per heavy atom. The molecule has 2 heteroatoms. The summed E-state index contributed by atoms with van der Waals surface area (Å²) in [7, 11) is 0. The summed E-state index contributed by atoms with van der Waals surface area (Å²) >= 11 is 0. The van der Waals surface area contributed by atoms with Crippen LogP contribution in [0.4, 0.5) is 0 Å². The highest BCUT2D eigenvalue weighted by molar-refractivity contribution is 5.44. The second kappa shape index (κ2) is 6.75. The van der Waals surface area contributed by atoms with E-state index in [4.69, 9.17) is 0 Å². The minimum absolute atomic E-state index is 0.0879. The average molecular weight is 441 g/mol. The minimum Gasteiger partial charge on any atom is -0.393 e. The molecule has 180 valence electrons. The molecule has 5 aliphatic carbocycles. The summed E-state index contributed by atoms with van der Waals surface area (Å²) in [5.74, 6) is 2.07. The van der Waals surface area contributed by atoms with Gasteiger partial charge in [0.15, 0.2) is 0 Å². The molecule has 3 saturated carbocycles. The Labute approximate surface area is 197 Å². The molecular formula is C30H48O2. The van der Waals surface area contributed by atoms with E-state index in [1.54, 1.807) is 11.1 Å². The molecule has 0 aromatic carbocycles. The summed E-state index contributed by atoms with van der Waals surface area (Å²) in [6.45, 7) is 19.3. The Morgan fingerprint density at radius 1 is 0.906 bits per heavy atom. The van der Waals surface area contributed by atoms with Crippen LogP contribution in [0.2, 0.25) is 0 Å². The van der Waals surface area contributed by atoms with Gasteiger partial charge < -0.3 is 10.2 Å². The van der Waals surface area contributed by atoms with Crippen LogP contribution < -0.4 is 0 Å². The van der Waals surface area contributed by atoms with Crippen molar-refractivity contribution in [1.29, 1.82) is 0 Å². The normalized spacial score (nSPS) is 54.2. The van der Waals surface area contributed by atoms with Gasteiger partial charge in [-0.05, 0) is 101 Å². The summed E-state index contributed by atoms with van der Waals surface area (Å²) in [4.78, 5) is 0. The van der Waals surface area contributed by atoms with E-state index in [2.05, 4.69) is 67.5 Å². The molecule has 5 aliphatic rings. The van der Waals surface area contributed by atoms with Gasteiger partial charge in [-0.1, -0.05) is 73.1 Å². The smallest absolute Gasteiger partial charge is 0.0595 e. The van der Waals surface area contributed by atoms with Crippen molar-refractivity contribution in [2.24, 2.45) is 50.7 Å². The molecule has 0 unspecified atom stereocenters. The Kier molecular flexibility index (Phi) is 4.88. The van der Waals surface area contributed by atoms with Gasteiger partial charge in [0.25, 0.3) is 0 Å². The maximum atomic E-state index is 11.8. The molecule has 32 heavy (non-hydrogen) atoms. The highest BCUT2D eigenvalue weighted by Gasteiger charge is 2.70. The van der Waals surface area contributed by atoms with Crippen LogP contribution in [0, 0.1) is 50.7 Å². The van der Waals surface area contributed by atoms with E-state index in [1.165, 1.54) is 25.7 Å². The number of aliphatic hydroxyl groups excluding tert-OH is 2. The number of hydrogen-bond donors (Lipinski definition) is 2. The fourth-order valence-electron chi connectivity index (χ4n) is 10.9. The average Bonchev–Trinajstić information content (AvgIpc) is 3.03. The van der Waals surface area contributed by atoms with Crippen molar-refractivity contribution in [3.05, 3.63) is 23.3 Å². The zero-order valence-electron chi connectivity index (χ0n) is 22.0. The van der Waals surface area contributed by atoms with Crippen LogP contribution in [-0.2, 0) is 0 Å². The second-order valence-corrected chi connectivity index (χ2v) is 14.4. The van der Waals surface area contributed by atoms with Crippen LogP contribution >= 0.6 is 0 Å². The topological polar surface area (TPSA) is 40.5 Å². The van der Waals surface area contributed by atoms with Crippen LogP contribution in [0.15, 0.2) is 23.3 Å². The maximum absolute atomic E-state index is 11.8. The van der Waals surface area contributed by atoms with E-state index in [0.29, 0.717) is 17.8 Å². The summed E-state index contributed by atoms with van der Waals surface area (Å²) in [6, 6.07) is 0. The molecule has 0 aromatic rings. The van der Waals surface area contributed by atoms with E-state index in [9.17, 15) is 10.2 Å². The lowest BCUT2D eigenvalue weighted by Crippen LogP contribution is -2.69. The van der Waals surface area contributed by atoms with Crippen molar-refractivity contribution in [3.63, 3.8) is 0 Å². The van der Waals surface area contributed by atoms with Crippen LogP contribution in [0.5, 0.6) is 0 Å². The minimum atomic E-state index is -0.338. The largest absolute Gasteiger partial charge is 0.393 e. The van der Waals surface area contributed by atoms with Crippen molar-refractivity contribution in [1.82, 2.24) is 0 Å². The zero-order valence-corrected chi connectivity index (χ0v) is 22.0. The van der Waals surface area contributed by atoms with Gasteiger partial charge in [-0.25, -0.2) is 0 Å². The van der Waals surface area contributed by atoms with Crippen LogP contribution in [0.3, 0.4) is 0 Å². The Hall–Kier alpha value is -0.600. The lowest BCUT2D eigenvalue weighted by molar-refractivity contribution is -0.256. The highest BCUT2D eigenvalue weighted by atomic mass is 16.3. The third-order valence-corrected chi connectivity index (χ3v) is 12.5. The molecule has 0 radical (unpaired) electrons. The third-order valence-electron chi connectivity index (χ3n) is 12.5. The van der Waals surface area contributed by atoms with Gasteiger partial charge >= 0.3 is 0 Å². The highest BCUT2D eigenvalue weighted by Crippen LogP contribution is 2.76. The Morgan fingerprint density at radius 2 is 1.56 bits per heavy atom. The van der Waals surface area contributed by atoms with Crippen molar-refractivity contribution < 1.29 is 10.2 Å². The van der Waals surface area contributed by atoms with Gasteiger partial charge in [0.2, 0.25) is 0 Å². The van der Waals surface area contributed by atoms with E-state index >= 15 is 0 Å². The standard InChI is InChI=1S/C30H48O2/c1-18(2)19-11-14-27(5)20(19)12-16-29(7)22(27)9-10-23-28(6)15-13-24(32)26(3,4)25(28)21(31)17-30(23,29)8/h12,16,18,21-25,31-32H,9-11,13-15,17H2,1-8H3/t21-,22-,23+,24-,25-,27-,28-,29+,30+/m0/s1. The second-order valence-electron chi connectivity index (χ2n) is 14.4. The van der Waals surface area contributed by atoms with E-state index in [1.807, 2.05) is 0 Å². The van der Waals surface area contributed by atoms with Gasteiger partial charge in [0.1, 0.15) is 0 Å². The number of rotatable bonds is 1. The molecule has 0 bridgehead atoms. The number of aliphatic hydroxyl groups is 2. The summed E-state index contributed by atoms with van der Waals surface area (Å²) in [6.07, 6.45) is 12.4. The molecular weight excluding hydrogens is 392 g/mol. The first-order valence-electron chi connectivity index (χ1n) is 13.5. The van der Waals surface area contributed by atoms with E-state index in [-0.39, 0.29) is 45.2 Å². The number of allylic oxidation sites excluding steroid dienone is 4. The first-order valence-corrected chi connectivity index (χ1v) is 13.5. The summed E-state index contributed by atoms with van der Waals surface area (Å²) in [5.41, 5.74) is 3.68. The first kappa shape index (κ1) is 23.2. The molecule has 9 atom stereocenters.